The second-order valence-electron chi connectivity index (χ2n) is 4.76. The third-order valence-electron chi connectivity index (χ3n) is 3.37. The molecule has 1 aromatic carbocycles. The summed E-state index contributed by atoms with van der Waals surface area (Å²) in [4.78, 5) is 13.8. The average Bonchev–Trinajstić information content (AvgIpc) is 2.81. The Morgan fingerprint density at radius 3 is 2.89 bits per heavy atom. The minimum atomic E-state index is -0.105. The summed E-state index contributed by atoms with van der Waals surface area (Å²) >= 11 is 6.00. The number of carbonyl (C=O) groups excluding carboxylic acids is 1. The summed E-state index contributed by atoms with van der Waals surface area (Å²) < 4.78 is 0. The van der Waals surface area contributed by atoms with Gasteiger partial charge in [-0.1, -0.05) is 23.7 Å². The number of para-hydroxylation sites is 1. The van der Waals surface area contributed by atoms with Gasteiger partial charge in [-0.15, -0.1) is 0 Å². The quantitative estimate of drug-likeness (QED) is 0.865. The van der Waals surface area contributed by atoms with Gasteiger partial charge >= 0.3 is 6.03 Å². The number of hydrogen-bond donors (Lipinski definition) is 2. The van der Waals surface area contributed by atoms with E-state index in [2.05, 4.69) is 5.32 Å². The number of nitrogens with one attached hydrogen (secondary N) is 1. The van der Waals surface area contributed by atoms with Crippen molar-refractivity contribution in [3.63, 3.8) is 0 Å². The Morgan fingerprint density at radius 1 is 1.56 bits per heavy atom. The van der Waals surface area contributed by atoms with Gasteiger partial charge in [-0.3, -0.25) is 0 Å². The number of nitrogens with two attached hydrogens (primary N) is 1. The van der Waals surface area contributed by atoms with Gasteiger partial charge in [-0.25, -0.2) is 4.79 Å². The van der Waals surface area contributed by atoms with Crippen LogP contribution in [0.5, 0.6) is 0 Å². The molecular formula is C13H18ClN3O. The molecule has 0 aromatic heterocycles. The molecule has 5 heteroatoms. The molecule has 0 bridgehead atoms. The first-order chi connectivity index (χ1) is 8.58. The van der Waals surface area contributed by atoms with Gasteiger partial charge in [0.1, 0.15) is 0 Å². The molecule has 2 unspecified atom stereocenters. The van der Waals surface area contributed by atoms with Gasteiger partial charge in [-0.2, -0.15) is 0 Å². The van der Waals surface area contributed by atoms with E-state index in [0.29, 0.717) is 23.2 Å². The molecule has 1 aliphatic heterocycles. The monoisotopic (exact) mass is 267 g/mol. The van der Waals surface area contributed by atoms with Crippen molar-refractivity contribution in [2.75, 3.05) is 18.4 Å². The van der Waals surface area contributed by atoms with Crippen molar-refractivity contribution < 1.29 is 4.79 Å². The van der Waals surface area contributed by atoms with Crippen molar-refractivity contribution in [1.82, 2.24) is 4.90 Å². The standard InChI is InChI=1S/C13H18ClN3O/c1-9(15)10-6-7-17(8-10)13(18)16-12-5-3-2-4-11(12)14/h2-5,9-10H,6-8,15H2,1H3,(H,16,18). The molecule has 2 rings (SSSR count). The molecule has 98 valence electrons. The molecule has 0 spiro atoms. The summed E-state index contributed by atoms with van der Waals surface area (Å²) in [6.07, 6.45) is 0.966. The van der Waals surface area contributed by atoms with Gasteiger partial charge < -0.3 is 16.0 Å². The van der Waals surface area contributed by atoms with Crippen LogP contribution in [0.4, 0.5) is 10.5 Å². The van der Waals surface area contributed by atoms with Crippen LogP contribution in [0.25, 0.3) is 0 Å². The van der Waals surface area contributed by atoms with Crippen molar-refractivity contribution in [3.8, 4) is 0 Å². The lowest BCUT2D eigenvalue weighted by atomic mass is 10.0. The molecular weight excluding hydrogens is 250 g/mol. The Hall–Kier alpha value is -1.26. The molecule has 0 radical (unpaired) electrons. The Morgan fingerprint density at radius 2 is 2.28 bits per heavy atom. The van der Waals surface area contributed by atoms with Gasteiger partial charge in [0.15, 0.2) is 0 Å². The number of benzene rings is 1. The van der Waals surface area contributed by atoms with Crippen LogP contribution in [0, 0.1) is 5.92 Å². The van der Waals surface area contributed by atoms with E-state index in [1.54, 1.807) is 17.0 Å². The molecule has 0 aliphatic carbocycles. The number of rotatable bonds is 2. The van der Waals surface area contributed by atoms with E-state index in [-0.39, 0.29) is 12.1 Å². The van der Waals surface area contributed by atoms with Crippen LogP contribution in [0.3, 0.4) is 0 Å². The minimum Gasteiger partial charge on any atom is -0.328 e. The first-order valence-electron chi connectivity index (χ1n) is 6.14. The SMILES string of the molecule is CC(N)C1CCN(C(=O)Nc2ccccc2Cl)C1. The number of amides is 2. The highest BCUT2D eigenvalue weighted by Gasteiger charge is 2.28. The van der Waals surface area contributed by atoms with Crippen molar-refractivity contribution in [2.24, 2.45) is 11.7 Å². The maximum absolute atomic E-state index is 12.1. The van der Waals surface area contributed by atoms with E-state index in [0.717, 1.165) is 13.0 Å². The number of likely N-dealkylation sites (tertiary alicyclic amines) is 1. The molecule has 2 amide bonds. The van der Waals surface area contributed by atoms with Crippen molar-refractivity contribution >= 4 is 23.3 Å². The number of halogens is 1. The first kappa shape index (κ1) is 13.2. The fourth-order valence-electron chi connectivity index (χ4n) is 2.16. The highest BCUT2D eigenvalue weighted by atomic mass is 35.5. The summed E-state index contributed by atoms with van der Waals surface area (Å²) in [5, 5.41) is 3.38. The fourth-order valence-corrected chi connectivity index (χ4v) is 2.34. The van der Waals surface area contributed by atoms with E-state index in [9.17, 15) is 4.79 Å². The van der Waals surface area contributed by atoms with E-state index >= 15 is 0 Å². The average molecular weight is 268 g/mol. The van der Waals surface area contributed by atoms with E-state index in [1.807, 2.05) is 19.1 Å². The summed E-state index contributed by atoms with van der Waals surface area (Å²) in [5.74, 6) is 0.391. The first-order valence-corrected chi connectivity index (χ1v) is 6.51. The van der Waals surface area contributed by atoms with Crippen LogP contribution >= 0.6 is 11.6 Å². The molecule has 0 saturated carbocycles. The van der Waals surface area contributed by atoms with Gasteiger partial charge in [-0.05, 0) is 31.4 Å². The Kier molecular flexibility index (Phi) is 4.09. The summed E-state index contributed by atoms with van der Waals surface area (Å²) in [6.45, 7) is 3.45. The highest BCUT2D eigenvalue weighted by Crippen LogP contribution is 2.23. The zero-order valence-electron chi connectivity index (χ0n) is 10.4. The largest absolute Gasteiger partial charge is 0.328 e. The molecule has 1 aliphatic rings. The minimum absolute atomic E-state index is 0.105. The lowest BCUT2D eigenvalue weighted by Gasteiger charge is -2.19. The van der Waals surface area contributed by atoms with Gasteiger partial charge in [0, 0.05) is 19.1 Å². The van der Waals surface area contributed by atoms with E-state index in [4.69, 9.17) is 17.3 Å². The van der Waals surface area contributed by atoms with E-state index < -0.39 is 0 Å². The Labute approximate surface area is 112 Å². The van der Waals surface area contributed by atoms with Crippen LogP contribution in [0.1, 0.15) is 13.3 Å². The van der Waals surface area contributed by atoms with Gasteiger partial charge in [0.05, 0.1) is 10.7 Å². The molecule has 1 aromatic rings. The third-order valence-corrected chi connectivity index (χ3v) is 3.70. The molecule has 1 saturated heterocycles. The molecule has 1 fully saturated rings. The normalized spacial score (nSPS) is 20.8. The van der Waals surface area contributed by atoms with Crippen LogP contribution in [0.15, 0.2) is 24.3 Å². The molecule has 1 heterocycles. The van der Waals surface area contributed by atoms with Crippen LogP contribution in [0.2, 0.25) is 5.02 Å². The second kappa shape index (κ2) is 5.59. The highest BCUT2D eigenvalue weighted by molar-refractivity contribution is 6.33. The number of carbonyl (C=O) groups is 1. The maximum atomic E-state index is 12.1. The second-order valence-corrected chi connectivity index (χ2v) is 5.17. The molecule has 18 heavy (non-hydrogen) atoms. The zero-order chi connectivity index (χ0) is 13.1. The van der Waals surface area contributed by atoms with Gasteiger partial charge in [0.2, 0.25) is 0 Å². The summed E-state index contributed by atoms with van der Waals surface area (Å²) in [6, 6.07) is 7.25. The smallest absolute Gasteiger partial charge is 0.321 e. The van der Waals surface area contributed by atoms with Crippen LogP contribution in [-0.4, -0.2) is 30.1 Å². The predicted octanol–water partition coefficient (Wildman–Crippen LogP) is 2.54. The predicted molar refractivity (Wildman–Crippen MR) is 73.8 cm³/mol. The van der Waals surface area contributed by atoms with Crippen molar-refractivity contribution in [2.45, 2.75) is 19.4 Å². The van der Waals surface area contributed by atoms with Crippen LogP contribution in [-0.2, 0) is 0 Å². The number of hydrogen-bond acceptors (Lipinski definition) is 2. The number of nitrogens with zero attached hydrogens (tertiary/aromatic N) is 1. The summed E-state index contributed by atoms with van der Waals surface area (Å²) in [7, 11) is 0. The van der Waals surface area contributed by atoms with Crippen molar-refractivity contribution in [3.05, 3.63) is 29.3 Å². The van der Waals surface area contributed by atoms with Crippen molar-refractivity contribution in [1.29, 1.82) is 0 Å². The molecule has 4 nitrogen and oxygen atoms in total. The van der Waals surface area contributed by atoms with Crippen LogP contribution < -0.4 is 11.1 Å². The number of urea groups is 1. The maximum Gasteiger partial charge on any atom is 0.321 e. The molecule has 2 atom stereocenters. The third kappa shape index (κ3) is 2.94. The number of anilines is 1. The fraction of sp³-hybridized carbons (Fsp3) is 0.462. The van der Waals surface area contributed by atoms with Gasteiger partial charge in [0.25, 0.3) is 0 Å². The molecule has 3 N–H and O–H groups in total. The Balaban J connectivity index is 1.96. The Bertz CT molecular complexity index is 436. The topological polar surface area (TPSA) is 58.4 Å². The summed E-state index contributed by atoms with van der Waals surface area (Å²) in [5.41, 5.74) is 6.50. The lowest BCUT2D eigenvalue weighted by Crippen LogP contribution is -2.35. The zero-order valence-corrected chi connectivity index (χ0v) is 11.2. The lowest BCUT2D eigenvalue weighted by molar-refractivity contribution is 0.220. The van der Waals surface area contributed by atoms with E-state index in [1.165, 1.54) is 0 Å².